The zero-order chi connectivity index (χ0) is 5.70. The Bertz CT molecular complexity index is 25.7. The molecule has 0 nitrogen and oxygen atoms in total. The van der Waals surface area contributed by atoms with Gasteiger partial charge in [0.25, 0.3) is 0 Å². The lowest BCUT2D eigenvalue weighted by Crippen LogP contribution is -1.96. The summed E-state index contributed by atoms with van der Waals surface area (Å²) in [7, 11) is 0. The van der Waals surface area contributed by atoms with Crippen LogP contribution in [-0.2, 0) is 0 Å². The van der Waals surface area contributed by atoms with Gasteiger partial charge in [-0.25, -0.2) is 0 Å². The lowest BCUT2D eigenvalue weighted by atomic mass is 10.1. The Hall–Kier alpha value is 0.350. The normalized spacial score (nSPS) is 10.3. The summed E-state index contributed by atoms with van der Waals surface area (Å²) in [6.07, 6.45) is 2.56. The monoisotopic (exact) mass is 118 g/mol. The van der Waals surface area contributed by atoms with Crippen LogP contribution in [-0.4, -0.2) is 5.75 Å². The maximum Gasteiger partial charge on any atom is -0.00697 e. The SMILES string of the molecule is CCC(CC)CS. The molecule has 0 bridgehead atoms. The lowest BCUT2D eigenvalue weighted by Gasteiger charge is -2.04. The second-order valence-electron chi connectivity index (χ2n) is 1.87. The van der Waals surface area contributed by atoms with Crippen molar-refractivity contribution in [3.05, 3.63) is 0 Å². The molecule has 0 rings (SSSR count). The van der Waals surface area contributed by atoms with E-state index in [1.165, 1.54) is 12.8 Å². The summed E-state index contributed by atoms with van der Waals surface area (Å²) in [5.41, 5.74) is 0. The second-order valence-corrected chi connectivity index (χ2v) is 2.23. The van der Waals surface area contributed by atoms with Gasteiger partial charge in [-0.2, -0.15) is 12.6 Å². The van der Waals surface area contributed by atoms with Crippen molar-refractivity contribution >= 4 is 12.6 Å². The van der Waals surface area contributed by atoms with Crippen molar-refractivity contribution in [2.75, 3.05) is 5.75 Å². The maximum absolute atomic E-state index is 4.18. The molecule has 0 aromatic heterocycles. The summed E-state index contributed by atoms with van der Waals surface area (Å²) in [5.74, 6) is 1.90. The van der Waals surface area contributed by atoms with Crippen LogP contribution in [0, 0.1) is 5.92 Å². The summed E-state index contributed by atoms with van der Waals surface area (Å²) in [6, 6.07) is 0. The standard InChI is InChI=1S/C6H14S/c1-3-6(4-2)5-7/h6-7H,3-5H2,1-2H3. The Kier molecular flexibility index (Phi) is 4.73. The quantitative estimate of drug-likeness (QED) is 0.540. The predicted molar refractivity (Wildman–Crippen MR) is 37.9 cm³/mol. The molecule has 0 saturated carbocycles. The van der Waals surface area contributed by atoms with Crippen molar-refractivity contribution < 1.29 is 0 Å². The summed E-state index contributed by atoms with van der Waals surface area (Å²) >= 11 is 4.18. The van der Waals surface area contributed by atoms with Gasteiger partial charge in [0, 0.05) is 0 Å². The van der Waals surface area contributed by atoms with Crippen molar-refractivity contribution in [2.45, 2.75) is 26.7 Å². The maximum atomic E-state index is 4.18. The molecule has 0 aliphatic rings. The Labute approximate surface area is 51.7 Å². The van der Waals surface area contributed by atoms with E-state index in [-0.39, 0.29) is 0 Å². The first-order valence-corrected chi connectivity index (χ1v) is 3.59. The topological polar surface area (TPSA) is 0 Å². The zero-order valence-corrected chi connectivity index (χ0v) is 6.04. The van der Waals surface area contributed by atoms with Crippen LogP contribution in [0.3, 0.4) is 0 Å². The van der Waals surface area contributed by atoms with Crippen LogP contribution >= 0.6 is 12.6 Å². The molecule has 0 unspecified atom stereocenters. The van der Waals surface area contributed by atoms with Crippen LogP contribution in [0.5, 0.6) is 0 Å². The highest BCUT2D eigenvalue weighted by Crippen LogP contribution is 2.07. The minimum absolute atomic E-state index is 0.850. The van der Waals surface area contributed by atoms with Gasteiger partial charge in [-0.1, -0.05) is 26.7 Å². The lowest BCUT2D eigenvalue weighted by molar-refractivity contribution is 0.555. The first kappa shape index (κ1) is 7.35. The minimum atomic E-state index is 0.850. The van der Waals surface area contributed by atoms with Crippen molar-refractivity contribution in [1.82, 2.24) is 0 Å². The van der Waals surface area contributed by atoms with Crippen LogP contribution in [0.2, 0.25) is 0 Å². The van der Waals surface area contributed by atoms with Gasteiger partial charge in [0.05, 0.1) is 0 Å². The van der Waals surface area contributed by atoms with Gasteiger partial charge in [0.15, 0.2) is 0 Å². The Morgan fingerprint density at radius 2 is 1.71 bits per heavy atom. The number of hydrogen-bond donors (Lipinski definition) is 1. The molecule has 0 fully saturated rings. The van der Waals surface area contributed by atoms with Crippen LogP contribution in [0.4, 0.5) is 0 Å². The predicted octanol–water partition coefficient (Wildman–Crippen LogP) is 2.35. The molecule has 0 aliphatic carbocycles. The largest absolute Gasteiger partial charge is 0.179 e. The smallest absolute Gasteiger partial charge is 0.00697 e. The first-order valence-electron chi connectivity index (χ1n) is 2.96. The van der Waals surface area contributed by atoms with Gasteiger partial charge < -0.3 is 0 Å². The molecule has 0 aliphatic heterocycles. The van der Waals surface area contributed by atoms with E-state index in [0.717, 1.165) is 11.7 Å². The van der Waals surface area contributed by atoms with Crippen molar-refractivity contribution in [2.24, 2.45) is 5.92 Å². The third-order valence-corrected chi connectivity index (χ3v) is 1.93. The zero-order valence-electron chi connectivity index (χ0n) is 5.15. The molecule has 0 aromatic rings. The van der Waals surface area contributed by atoms with E-state index in [2.05, 4.69) is 26.5 Å². The van der Waals surface area contributed by atoms with E-state index >= 15 is 0 Å². The van der Waals surface area contributed by atoms with Crippen LogP contribution in [0.25, 0.3) is 0 Å². The number of rotatable bonds is 3. The molecular weight excluding hydrogens is 104 g/mol. The highest BCUT2D eigenvalue weighted by atomic mass is 32.1. The molecule has 7 heavy (non-hydrogen) atoms. The van der Waals surface area contributed by atoms with Gasteiger partial charge in [-0.3, -0.25) is 0 Å². The number of thiol groups is 1. The first-order chi connectivity index (χ1) is 3.35. The molecule has 0 heterocycles. The Morgan fingerprint density at radius 3 is 1.71 bits per heavy atom. The average molecular weight is 118 g/mol. The highest BCUT2D eigenvalue weighted by molar-refractivity contribution is 7.80. The summed E-state index contributed by atoms with van der Waals surface area (Å²) < 4.78 is 0. The van der Waals surface area contributed by atoms with Gasteiger partial charge in [0.1, 0.15) is 0 Å². The Balaban J connectivity index is 2.99. The van der Waals surface area contributed by atoms with Crippen LogP contribution in [0.15, 0.2) is 0 Å². The van der Waals surface area contributed by atoms with Crippen molar-refractivity contribution in [1.29, 1.82) is 0 Å². The van der Waals surface area contributed by atoms with Crippen molar-refractivity contribution in [3.8, 4) is 0 Å². The van der Waals surface area contributed by atoms with E-state index in [4.69, 9.17) is 0 Å². The highest BCUT2D eigenvalue weighted by Gasteiger charge is 1.96. The molecule has 0 radical (unpaired) electrons. The molecule has 0 amide bonds. The molecular formula is C6H14S. The van der Waals surface area contributed by atoms with E-state index in [1.54, 1.807) is 0 Å². The molecule has 0 N–H and O–H groups in total. The van der Waals surface area contributed by atoms with Gasteiger partial charge in [0.2, 0.25) is 0 Å². The third-order valence-electron chi connectivity index (χ3n) is 1.41. The van der Waals surface area contributed by atoms with Gasteiger partial charge in [-0.15, -0.1) is 0 Å². The number of hydrogen-bond acceptors (Lipinski definition) is 1. The van der Waals surface area contributed by atoms with Gasteiger partial charge >= 0.3 is 0 Å². The molecule has 0 spiro atoms. The van der Waals surface area contributed by atoms with Crippen molar-refractivity contribution in [3.63, 3.8) is 0 Å². The molecule has 0 saturated heterocycles. The average Bonchev–Trinajstić information content (AvgIpc) is 1.72. The minimum Gasteiger partial charge on any atom is -0.179 e. The second kappa shape index (κ2) is 4.51. The fourth-order valence-electron chi connectivity index (χ4n) is 0.547. The summed E-state index contributed by atoms with van der Waals surface area (Å²) in [6.45, 7) is 4.43. The van der Waals surface area contributed by atoms with E-state index in [9.17, 15) is 0 Å². The van der Waals surface area contributed by atoms with E-state index in [0.29, 0.717) is 0 Å². The fraction of sp³-hybridized carbons (Fsp3) is 1.00. The molecule has 0 atom stereocenters. The summed E-state index contributed by atoms with van der Waals surface area (Å²) in [4.78, 5) is 0. The summed E-state index contributed by atoms with van der Waals surface area (Å²) in [5, 5.41) is 0. The fourth-order valence-corrected chi connectivity index (χ4v) is 1.06. The van der Waals surface area contributed by atoms with Gasteiger partial charge in [-0.05, 0) is 11.7 Å². The Morgan fingerprint density at radius 1 is 1.29 bits per heavy atom. The molecule has 44 valence electrons. The molecule has 0 aromatic carbocycles. The van der Waals surface area contributed by atoms with Crippen LogP contribution in [0.1, 0.15) is 26.7 Å². The van der Waals surface area contributed by atoms with E-state index < -0.39 is 0 Å². The van der Waals surface area contributed by atoms with E-state index in [1.807, 2.05) is 0 Å². The molecule has 1 heteroatoms. The third kappa shape index (κ3) is 2.98. The van der Waals surface area contributed by atoms with Crippen LogP contribution < -0.4 is 0 Å².